The Morgan fingerprint density at radius 3 is 2.50 bits per heavy atom. The lowest BCUT2D eigenvalue weighted by Crippen LogP contribution is -2.47. The van der Waals surface area contributed by atoms with Crippen LogP contribution >= 0.6 is 0 Å². The minimum absolute atomic E-state index is 0. The number of aromatic amines is 1. The van der Waals surface area contributed by atoms with Gasteiger partial charge in [0.2, 0.25) is 5.91 Å². The summed E-state index contributed by atoms with van der Waals surface area (Å²) in [5.41, 5.74) is 3.45. The molecule has 8 nitrogen and oxygen atoms in total. The number of nitrogens with zero attached hydrogens (tertiary/aromatic N) is 1. The number of carbonyl (C=O) groups is 3. The maximum Gasteiger partial charge on any atom is 0.258 e. The van der Waals surface area contributed by atoms with E-state index < -0.39 is 0 Å². The molecule has 198 valence electrons. The van der Waals surface area contributed by atoms with E-state index >= 15 is 0 Å². The molecule has 2 N–H and O–H groups in total. The molecule has 0 aliphatic carbocycles. The standard InChI is InChI=1S/C30H31N3O5.H2/c1-21(35)33(17-23-7-3-6-10-29(23)37-2)18-25(15-24-16-31-28-9-5-4-8-27(24)28)32-30(36)20-38-26-13-11-22(19-34)12-14-26;/h3-14,16,19,25,31H,15,17-18,20H2,1-2H3,(H,32,36);1H. The summed E-state index contributed by atoms with van der Waals surface area (Å²) in [6.07, 6.45) is 3.20. The van der Waals surface area contributed by atoms with Crippen molar-refractivity contribution in [2.45, 2.75) is 25.9 Å². The highest BCUT2D eigenvalue weighted by molar-refractivity contribution is 5.83. The van der Waals surface area contributed by atoms with Gasteiger partial charge >= 0.3 is 0 Å². The number of rotatable bonds is 12. The van der Waals surface area contributed by atoms with Crippen molar-refractivity contribution in [3.63, 3.8) is 0 Å². The summed E-state index contributed by atoms with van der Waals surface area (Å²) in [5, 5.41) is 4.12. The Labute approximate surface area is 223 Å². The number of hydrogen-bond acceptors (Lipinski definition) is 5. The first-order valence-electron chi connectivity index (χ1n) is 12.4. The second kappa shape index (κ2) is 12.6. The van der Waals surface area contributed by atoms with Gasteiger partial charge in [-0.15, -0.1) is 0 Å². The van der Waals surface area contributed by atoms with Crippen LogP contribution in [-0.4, -0.2) is 54.3 Å². The molecule has 0 spiro atoms. The number of hydrogen-bond donors (Lipinski definition) is 2. The number of ether oxygens (including phenoxy) is 2. The van der Waals surface area contributed by atoms with Crippen LogP contribution in [0.4, 0.5) is 0 Å². The number of carbonyl (C=O) groups excluding carboxylic acids is 3. The van der Waals surface area contributed by atoms with Crippen molar-refractivity contribution in [2.75, 3.05) is 20.3 Å². The van der Waals surface area contributed by atoms with Gasteiger partial charge in [0.15, 0.2) is 6.61 Å². The second-order valence-corrected chi connectivity index (χ2v) is 9.02. The molecule has 3 aromatic carbocycles. The fourth-order valence-electron chi connectivity index (χ4n) is 4.40. The molecule has 1 atom stereocenters. The van der Waals surface area contributed by atoms with Crippen LogP contribution in [-0.2, 0) is 22.6 Å². The molecule has 38 heavy (non-hydrogen) atoms. The number of fused-ring (bicyclic) bond motifs is 1. The first-order chi connectivity index (χ1) is 18.5. The van der Waals surface area contributed by atoms with Gasteiger partial charge in [-0.05, 0) is 48.4 Å². The van der Waals surface area contributed by atoms with E-state index in [1.165, 1.54) is 6.92 Å². The summed E-state index contributed by atoms with van der Waals surface area (Å²) in [6, 6.07) is 21.7. The van der Waals surface area contributed by atoms with Crippen molar-refractivity contribution >= 4 is 29.0 Å². The summed E-state index contributed by atoms with van der Waals surface area (Å²) >= 11 is 0. The monoisotopic (exact) mass is 515 g/mol. The van der Waals surface area contributed by atoms with Gasteiger partial charge in [0.1, 0.15) is 17.8 Å². The molecule has 0 bridgehead atoms. The highest BCUT2D eigenvalue weighted by atomic mass is 16.5. The Balaban J connectivity index is 0.00000420. The molecule has 4 rings (SSSR count). The van der Waals surface area contributed by atoms with E-state index in [0.717, 1.165) is 28.3 Å². The van der Waals surface area contributed by atoms with Crippen molar-refractivity contribution in [3.05, 3.63) is 95.7 Å². The van der Waals surface area contributed by atoms with Gasteiger partial charge in [-0.2, -0.15) is 0 Å². The smallest absolute Gasteiger partial charge is 0.258 e. The highest BCUT2D eigenvalue weighted by Gasteiger charge is 2.22. The lowest BCUT2D eigenvalue weighted by Gasteiger charge is -2.28. The fraction of sp³-hybridized carbons (Fsp3) is 0.233. The van der Waals surface area contributed by atoms with Crippen LogP contribution in [0.1, 0.15) is 29.8 Å². The Kier molecular flexibility index (Phi) is 8.77. The molecule has 2 amide bonds. The maximum atomic E-state index is 12.9. The molecule has 0 saturated carbocycles. The van der Waals surface area contributed by atoms with Crippen molar-refractivity contribution < 1.29 is 25.3 Å². The number of methoxy groups -OCH3 is 1. The predicted octanol–water partition coefficient (Wildman–Crippen LogP) is 4.39. The Morgan fingerprint density at radius 2 is 1.76 bits per heavy atom. The number of aromatic nitrogens is 1. The number of amides is 2. The molecule has 4 aromatic rings. The van der Waals surface area contributed by atoms with Crippen LogP contribution in [0.3, 0.4) is 0 Å². The Bertz CT molecular complexity index is 1400. The number of nitrogens with one attached hydrogen (secondary N) is 2. The van der Waals surface area contributed by atoms with Crippen LogP contribution < -0.4 is 14.8 Å². The zero-order valence-electron chi connectivity index (χ0n) is 21.5. The summed E-state index contributed by atoms with van der Waals surface area (Å²) in [6.45, 7) is 1.97. The molecular weight excluding hydrogens is 482 g/mol. The molecule has 0 aliphatic rings. The lowest BCUT2D eigenvalue weighted by molar-refractivity contribution is -0.131. The average Bonchev–Trinajstić information content (AvgIpc) is 3.34. The normalized spacial score (nSPS) is 11.5. The van der Waals surface area contributed by atoms with Crippen molar-refractivity contribution in [1.29, 1.82) is 0 Å². The van der Waals surface area contributed by atoms with Gasteiger partial charge in [-0.25, -0.2) is 0 Å². The molecule has 0 fully saturated rings. The van der Waals surface area contributed by atoms with Gasteiger partial charge in [0.05, 0.1) is 13.2 Å². The molecule has 8 heteroatoms. The second-order valence-electron chi connectivity index (χ2n) is 9.02. The quantitative estimate of drug-likeness (QED) is 0.273. The molecular formula is C30H33N3O5. The van der Waals surface area contributed by atoms with E-state index in [1.54, 1.807) is 36.3 Å². The van der Waals surface area contributed by atoms with E-state index in [4.69, 9.17) is 9.47 Å². The third-order valence-electron chi connectivity index (χ3n) is 6.33. The zero-order valence-corrected chi connectivity index (χ0v) is 21.5. The fourth-order valence-corrected chi connectivity index (χ4v) is 4.40. The highest BCUT2D eigenvalue weighted by Crippen LogP contribution is 2.22. The zero-order chi connectivity index (χ0) is 26.9. The maximum absolute atomic E-state index is 12.9. The van der Waals surface area contributed by atoms with Crippen molar-refractivity contribution in [3.8, 4) is 11.5 Å². The number of aldehydes is 1. The van der Waals surface area contributed by atoms with E-state index in [9.17, 15) is 14.4 Å². The number of H-pyrrole nitrogens is 1. The van der Waals surface area contributed by atoms with Gasteiger partial charge in [0.25, 0.3) is 5.91 Å². The minimum Gasteiger partial charge on any atom is -0.496 e. The minimum atomic E-state index is -0.374. The molecule has 1 aromatic heterocycles. The van der Waals surface area contributed by atoms with Gasteiger partial charge in [-0.1, -0.05) is 36.4 Å². The predicted molar refractivity (Wildman–Crippen MR) is 147 cm³/mol. The number of benzene rings is 3. The SMILES string of the molecule is COc1ccccc1CN(CC(Cc1c[nH]c2ccccc12)NC(=O)COc1ccc(C=O)cc1)C(C)=O.[HH]. The number of para-hydroxylation sites is 2. The first kappa shape index (κ1) is 26.5. The third-order valence-corrected chi connectivity index (χ3v) is 6.33. The van der Waals surface area contributed by atoms with Gasteiger partial charge in [-0.3, -0.25) is 14.4 Å². The molecule has 1 heterocycles. The molecule has 0 aliphatic heterocycles. The van der Waals surface area contributed by atoms with Crippen LogP contribution in [0.25, 0.3) is 10.9 Å². The van der Waals surface area contributed by atoms with Crippen LogP contribution in [0.2, 0.25) is 0 Å². The summed E-state index contributed by atoms with van der Waals surface area (Å²) in [7, 11) is 1.60. The van der Waals surface area contributed by atoms with E-state index in [-0.39, 0.29) is 25.9 Å². The van der Waals surface area contributed by atoms with E-state index in [0.29, 0.717) is 36.6 Å². The van der Waals surface area contributed by atoms with E-state index in [1.807, 2.05) is 54.7 Å². The van der Waals surface area contributed by atoms with E-state index in [2.05, 4.69) is 10.3 Å². The van der Waals surface area contributed by atoms with Crippen LogP contribution in [0.5, 0.6) is 11.5 Å². The van der Waals surface area contributed by atoms with Crippen LogP contribution in [0.15, 0.2) is 79.0 Å². The molecule has 0 saturated heterocycles. The first-order valence-corrected chi connectivity index (χ1v) is 12.4. The van der Waals surface area contributed by atoms with Gasteiger partial charge < -0.3 is 24.7 Å². The largest absolute Gasteiger partial charge is 0.496 e. The molecule has 1 unspecified atom stereocenters. The summed E-state index contributed by atoms with van der Waals surface area (Å²) < 4.78 is 11.1. The molecule has 0 radical (unpaired) electrons. The van der Waals surface area contributed by atoms with Crippen molar-refractivity contribution in [1.82, 2.24) is 15.2 Å². The Hall–Kier alpha value is -4.59. The third kappa shape index (κ3) is 6.79. The summed E-state index contributed by atoms with van der Waals surface area (Å²) in [4.78, 5) is 41.4. The van der Waals surface area contributed by atoms with Gasteiger partial charge in [0, 0.05) is 49.7 Å². The Morgan fingerprint density at radius 1 is 1.03 bits per heavy atom. The topological polar surface area (TPSA) is 101 Å². The van der Waals surface area contributed by atoms with Crippen molar-refractivity contribution in [2.24, 2.45) is 0 Å². The van der Waals surface area contributed by atoms with Crippen LogP contribution in [0, 0.1) is 0 Å². The summed E-state index contributed by atoms with van der Waals surface area (Å²) in [5.74, 6) is 0.765. The average molecular weight is 516 g/mol. The lowest BCUT2D eigenvalue weighted by atomic mass is 10.0.